The van der Waals surface area contributed by atoms with E-state index >= 15 is 0 Å². The van der Waals surface area contributed by atoms with E-state index in [1.54, 1.807) is 11.3 Å². The van der Waals surface area contributed by atoms with Crippen molar-refractivity contribution in [3.05, 3.63) is 23.3 Å². The molecule has 3 heterocycles. The van der Waals surface area contributed by atoms with Gasteiger partial charge < -0.3 is 15.0 Å². The summed E-state index contributed by atoms with van der Waals surface area (Å²) < 4.78 is 10.8. The average Bonchev–Trinajstić information content (AvgIpc) is 3.09. The van der Waals surface area contributed by atoms with E-state index in [-0.39, 0.29) is 6.10 Å². The van der Waals surface area contributed by atoms with Crippen molar-refractivity contribution in [1.82, 2.24) is 15.0 Å². The summed E-state index contributed by atoms with van der Waals surface area (Å²) in [6.45, 7) is 3.62. The molecule has 0 saturated carbocycles. The van der Waals surface area contributed by atoms with Gasteiger partial charge >= 0.3 is 0 Å². The van der Waals surface area contributed by atoms with E-state index in [4.69, 9.17) is 15.0 Å². The Hall–Kier alpha value is -1.28. The Morgan fingerprint density at radius 3 is 3.26 bits per heavy atom. The van der Waals surface area contributed by atoms with Crippen LogP contribution < -0.4 is 5.73 Å². The number of nitrogens with two attached hydrogens (primary N) is 1. The van der Waals surface area contributed by atoms with Crippen LogP contribution in [0.25, 0.3) is 10.8 Å². The summed E-state index contributed by atoms with van der Waals surface area (Å²) in [7, 11) is 0. The highest BCUT2D eigenvalue weighted by Gasteiger charge is 2.21. The molecule has 1 aliphatic heterocycles. The zero-order valence-corrected chi connectivity index (χ0v) is 11.3. The molecule has 0 radical (unpaired) electrons. The van der Waals surface area contributed by atoms with Gasteiger partial charge in [0, 0.05) is 19.6 Å². The number of thiophene rings is 1. The summed E-state index contributed by atoms with van der Waals surface area (Å²) in [5.74, 6) is 1.30. The molecule has 0 bridgehead atoms. The fourth-order valence-electron chi connectivity index (χ4n) is 2.09. The normalized spacial score (nSPS) is 20.8. The SMILES string of the molecule is NCC1CN(Cc2noc(-c3cccs3)n2)CCO1. The molecule has 1 saturated heterocycles. The van der Waals surface area contributed by atoms with Gasteiger partial charge in [-0.15, -0.1) is 11.3 Å². The first-order valence-corrected chi connectivity index (χ1v) is 7.13. The van der Waals surface area contributed by atoms with Gasteiger partial charge in [-0.25, -0.2) is 0 Å². The van der Waals surface area contributed by atoms with Crippen molar-refractivity contribution in [2.75, 3.05) is 26.2 Å². The zero-order chi connectivity index (χ0) is 13.1. The summed E-state index contributed by atoms with van der Waals surface area (Å²) in [4.78, 5) is 7.66. The molecule has 6 nitrogen and oxygen atoms in total. The quantitative estimate of drug-likeness (QED) is 0.898. The zero-order valence-electron chi connectivity index (χ0n) is 10.5. The summed E-state index contributed by atoms with van der Waals surface area (Å²) in [5.41, 5.74) is 5.63. The maximum absolute atomic E-state index is 5.63. The Morgan fingerprint density at radius 1 is 1.53 bits per heavy atom. The van der Waals surface area contributed by atoms with Gasteiger partial charge in [-0.3, -0.25) is 4.90 Å². The smallest absolute Gasteiger partial charge is 0.268 e. The van der Waals surface area contributed by atoms with E-state index in [2.05, 4.69) is 15.0 Å². The third kappa shape index (κ3) is 3.01. The molecule has 102 valence electrons. The summed E-state index contributed by atoms with van der Waals surface area (Å²) in [5, 5.41) is 6.02. The van der Waals surface area contributed by atoms with Gasteiger partial charge in [-0.1, -0.05) is 11.2 Å². The molecule has 1 unspecified atom stereocenters. The van der Waals surface area contributed by atoms with Crippen LogP contribution in [-0.4, -0.2) is 47.4 Å². The van der Waals surface area contributed by atoms with Crippen LogP contribution in [0.15, 0.2) is 22.0 Å². The number of hydrogen-bond acceptors (Lipinski definition) is 7. The van der Waals surface area contributed by atoms with E-state index in [9.17, 15) is 0 Å². The van der Waals surface area contributed by atoms with Crippen LogP contribution >= 0.6 is 11.3 Å². The van der Waals surface area contributed by atoms with Gasteiger partial charge in [0.1, 0.15) is 0 Å². The molecule has 0 spiro atoms. The van der Waals surface area contributed by atoms with Gasteiger partial charge in [0.25, 0.3) is 5.89 Å². The molecule has 3 rings (SSSR count). The standard InChI is InChI=1S/C12H16N4O2S/c13-6-9-7-16(3-4-17-9)8-11-14-12(18-15-11)10-2-1-5-19-10/h1-2,5,9H,3-4,6-8,13H2. The third-order valence-electron chi connectivity index (χ3n) is 3.05. The Morgan fingerprint density at radius 2 is 2.47 bits per heavy atom. The average molecular weight is 280 g/mol. The van der Waals surface area contributed by atoms with Gasteiger partial charge in [0.05, 0.1) is 24.1 Å². The molecule has 2 aromatic heterocycles. The van der Waals surface area contributed by atoms with Crippen LogP contribution in [0.3, 0.4) is 0 Å². The number of morpholine rings is 1. The van der Waals surface area contributed by atoms with Crippen molar-refractivity contribution in [3.63, 3.8) is 0 Å². The molecule has 1 atom stereocenters. The van der Waals surface area contributed by atoms with Crippen LogP contribution in [0.2, 0.25) is 0 Å². The summed E-state index contributed by atoms with van der Waals surface area (Å²) in [6, 6.07) is 3.94. The topological polar surface area (TPSA) is 77.4 Å². The molecule has 0 aliphatic carbocycles. The van der Waals surface area contributed by atoms with Gasteiger partial charge in [-0.05, 0) is 11.4 Å². The fraction of sp³-hybridized carbons (Fsp3) is 0.500. The number of ether oxygens (including phenoxy) is 1. The first-order valence-electron chi connectivity index (χ1n) is 6.25. The van der Waals surface area contributed by atoms with Gasteiger partial charge in [0.2, 0.25) is 0 Å². The lowest BCUT2D eigenvalue weighted by atomic mass is 10.2. The molecule has 0 amide bonds. The minimum absolute atomic E-state index is 0.109. The predicted molar refractivity (Wildman–Crippen MR) is 71.7 cm³/mol. The first kappa shape index (κ1) is 12.7. The van der Waals surface area contributed by atoms with Crippen LogP contribution in [0.5, 0.6) is 0 Å². The highest BCUT2D eigenvalue weighted by molar-refractivity contribution is 7.13. The summed E-state index contributed by atoms with van der Waals surface area (Å²) >= 11 is 1.59. The van der Waals surface area contributed by atoms with Crippen molar-refractivity contribution < 1.29 is 9.26 Å². The van der Waals surface area contributed by atoms with Gasteiger partial charge in [-0.2, -0.15) is 4.98 Å². The molecule has 1 fully saturated rings. The lowest BCUT2D eigenvalue weighted by molar-refractivity contribution is -0.0269. The lowest BCUT2D eigenvalue weighted by Crippen LogP contribution is -2.45. The minimum atomic E-state index is 0.109. The number of nitrogens with zero attached hydrogens (tertiary/aromatic N) is 3. The van der Waals surface area contributed by atoms with E-state index in [0.29, 0.717) is 31.4 Å². The van der Waals surface area contributed by atoms with E-state index in [1.165, 1.54) is 0 Å². The Kier molecular flexibility index (Phi) is 3.88. The molecular weight excluding hydrogens is 264 g/mol. The Balaban J connectivity index is 1.64. The molecule has 1 aliphatic rings. The Bertz CT molecular complexity index is 514. The second-order valence-corrected chi connectivity index (χ2v) is 5.40. The van der Waals surface area contributed by atoms with Crippen LogP contribution in [0.1, 0.15) is 5.82 Å². The predicted octanol–water partition coefficient (Wildman–Crippen LogP) is 0.958. The highest BCUT2D eigenvalue weighted by Crippen LogP contribution is 2.22. The van der Waals surface area contributed by atoms with E-state index in [0.717, 1.165) is 18.0 Å². The second-order valence-electron chi connectivity index (χ2n) is 4.46. The molecular formula is C12H16N4O2S. The van der Waals surface area contributed by atoms with Gasteiger partial charge in [0.15, 0.2) is 5.82 Å². The number of hydrogen-bond donors (Lipinski definition) is 1. The van der Waals surface area contributed by atoms with Crippen molar-refractivity contribution in [1.29, 1.82) is 0 Å². The molecule has 19 heavy (non-hydrogen) atoms. The maximum Gasteiger partial charge on any atom is 0.268 e. The first-order chi connectivity index (χ1) is 9.35. The summed E-state index contributed by atoms with van der Waals surface area (Å²) in [6.07, 6.45) is 0.109. The highest BCUT2D eigenvalue weighted by atomic mass is 32.1. The van der Waals surface area contributed by atoms with Crippen molar-refractivity contribution in [2.24, 2.45) is 5.73 Å². The second kappa shape index (κ2) is 5.79. The van der Waals surface area contributed by atoms with Crippen LogP contribution in [0.4, 0.5) is 0 Å². The molecule has 7 heteroatoms. The van der Waals surface area contributed by atoms with Crippen molar-refractivity contribution in [3.8, 4) is 10.8 Å². The van der Waals surface area contributed by atoms with Crippen molar-refractivity contribution >= 4 is 11.3 Å². The maximum atomic E-state index is 5.63. The van der Waals surface area contributed by atoms with Crippen molar-refractivity contribution in [2.45, 2.75) is 12.6 Å². The number of aromatic nitrogens is 2. The third-order valence-corrected chi connectivity index (χ3v) is 3.91. The van der Waals surface area contributed by atoms with E-state index in [1.807, 2.05) is 17.5 Å². The Labute approximate surface area is 115 Å². The molecule has 0 aromatic carbocycles. The number of rotatable bonds is 4. The van der Waals surface area contributed by atoms with E-state index < -0.39 is 0 Å². The molecule has 2 aromatic rings. The largest absolute Gasteiger partial charge is 0.374 e. The minimum Gasteiger partial charge on any atom is -0.374 e. The lowest BCUT2D eigenvalue weighted by Gasteiger charge is -2.31. The molecule has 2 N–H and O–H groups in total. The monoisotopic (exact) mass is 280 g/mol. The van der Waals surface area contributed by atoms with Crippen LogP contribution in [0, 0.1) is 0 Å². The fourth-order valence-corrected chi connectivity index (χ4v) is 2.73. The van der Waals surface area contributed by atoms with Crippen LogP contribution in [-0.2, 0) is 11.3 Å².